The molecule has 0 saturated heterocycles. The van der Waals surface area contributed by atoms with E-state index in [2.05, 4.69) is 37.3 Å². The van der Waals surface area contributed by atoms with Crippen LogP contribution in [0.5, 0.6) is 0 Å². The van der Waals surface area contributed by atoms with Gasteiger partial charge in [0.1, 0.15) is 0 Å². The third-order valence-corrected chi connectivity index (χ3v) is 4.02. The Kier molecular flexibility index (Phi) is 3.84. The molecule has 1 heteroatoms. The summed E-state index contributed by atoms with van der Waals surface area (Å²) in [6.45, 7) is 2.17. The van der Waals surface area contributed by atoms with Gasteiger partial charge in [-0.25, -0.2) is 0 Å². The van der Waals surface area contributed by atoms with Gasteiger partial charge in [-0.3, -0.25) is 0 Å². The molecule has 1 fully saturated rings. The van der Waals surface area contributed by atoms with Crippen LogP contribution in [-0.2, 0) is 12.8 Å². The highest BCUT2D eigenvalue weighted by atomic mass is 14.4. The first kappa shape index (κ1) is 12.2. The van der Waals surface area contributed by atoms with Crippen molar-refractivity contribution in [2.75, 3.05) is 0 Å². The Morgan fingerprint density at radius 2 is 1.65 bits per heavy atom. The van der Waals surface area contributed by atoms with Gasteiger partial charge in [0, 0.05) is 0 Å². The van der Waals surface area contributed by atoms with Crippen LogP contribution >= 0.6 is 0 Å². The Morgan fingerprint density at radius 3 is 2.18 bits per heavy atom. The van der Waals surface area contributed by atoms with Crippen molar-refractivity contribution in [2.24, 2.45) is 5.41 Å². The van der Waals surface area contributed by atoms with E-state index < -0.39 is 0 Å². The molecule has 0 spiro atoms. The molecule has 1 aliphatic rings. The maximum Gasteiger partial charge on any atom is 0.0693 e. The quantitative estimate of drug-likeness (QED) is 0.756. The van der Waals surface area contributed by atoms with Crippen LogP contribution < -0.4 is 0 Å². The summed E-state index contributed by atoms with van der Waals surface area (Å²) in [6.07, 6.45) is 7.94. The van der Waals surface area contributed by atoms with E-state index in [0.717, 1.165) is 25.7 Å². The van der Waals surface area contributed by atoms with E-state index in [0.29, 0.717) is 0 Å². The molecule has 17 heavy (non-hydrogen) atoms. The average Bonchev–Trinajstić information content (AvgIpc) is 2.41. The number of nitrogens with zero attached hydrogens (tertiary/aromatic N) is 1. The minimum atomic E-state index is -0.0774. The lowest BCUT2D eigenvalue weighted by Crippen LogP contribution is -2.24. The normalized spacial score (nSPS) is 18.6. The topological polar surface area (TPSA) is 23.8 Å². The Morgan fingerprint density at radius 1 is 1.06 bits per heavy atom. The molecule has 0 atom stereocenters. The summed E-state index contributed by atoms with van der Waals surface area (Å²) in [4.78, 5) is 0. The molecule has 90 valence electrons. The molecule has 0 aromatic heterocycles. The zero-order valence-corrected chi connectivity index (χ0v) is 10.7. The second-order valence-electron chi connectivity index (χ2n) is 5.30. The second kappa shape index (κ2) is 5.36. The van der Waals surface area contributed by atoms with Crippen LogP contribution in [0.15, 0.2) is 24.3 Å². The van der Waals surface area contributed by atoms with Crippen LogP contribution in [0.3, 0.4) is 0 Å². The van der Waals surface area contributed by atoms with Gasteiger partial charge >= 0.3 is 0 Å². The van der Waals surface area contributed by atoms with Crippen LogP contribution in [0, 0.1) is 16.7 Å². The van der Waals surface area contributed by atoms with Crippen LogP contribution in [0.1, 0.15) is 50.2 Å². The molecule has 1 aromatic rings. The minimum Gasteiger partial charge on any atom is -0.198 e. The lowest BCUT2D eigenvalue weighted by molar-refractivity contribution is 0.266. The van der Waals surface area contributed by atoms with E-state index in [1.165, 1.54) is 30.4 Å². The SMILES string of the molecule is CCc1ccc(CC2(C#N)CCCCC2)cc1. The zero-order valence-electron chi connectivity index (χ0n) is 10.7. The van der Waals surface area contributed by atoms with Gasteiger partial charge in [-0.2, -0.15) is 5.26 Å². The Balaban J connectivity index is 2.10. The van der Waals surface area contributed by atoms with Crippen LogP contribution in [-0.4, -0.2) is 0 Å². The van der Waals surface area contributed by atoms with Crippen LogP contribution in [0.2, 0.25) is 0 Å². The number of rotatable bonds is 3. The first-order valence-corrected chi connectivity index (χ1v) is 6.77. The maximum atomic E-state index is 9.45. The fraction of sp³-hybridized carbons (Fsp3) is 0.562. The van der Waals surface area contributed by atoms with Crippen molar-refractivity contribution in [2.45, 2.75) is 51.9 Å². The van der Waals surface area contributed by atoms with Crippen molar-refractivity contribution in [1.29, 1.82) is 5.26 Å². The van der Waals surface area contributed by atoms with E-state index >= 15 is 0 Å². The Labute approximate surface area is 104 Å². The van der Waals surface area contributed by atoms with Crippen molar-refractivity contribution in [3.05, 3.63) is 35.4 Å². The number of hydrogen-bond acceptors (Lipinski definition) is 1. The standard InChI is InChI=1S/C16H21N/c1-2-14-6-8-15(9-7-14)12-16(13-17)10-4-3-5-11-16/h6-9H,2-5,10-12H2,1H3. The molecule has 2 rings (SSSR count). The number of benzene rings is 1. The van der Waals surface area contributed by atoms with Gasteiger partial charge in [0.05, 0.1) is 11.5 Å². The molecule has 0 N–H and O–H groups in total. The van der Waals surface area contributed by atoms with Gasteiger partial charge in [-0.05, 0) is 36.8 Å². The molecule has 0 radical (unpaired) electrons. The first-order valence-electron chi connectivity index (χ1n) is 6.77. The van der Waals surface area contributed by atoms with Crippen molar-refractivity contribution < 1.29 is 0 Å². The average molecular weight is 227 g/mol. The van der Waals surface area contributed by atoms with Gasteiger partial charge in [-0.15, -0.1) is 0 Å². The van der Waals surface area contributed by atoms with Crippen molar-refractivity contribution in [1.82, 2.24) is 0 Å². The highest BCUT2D eigenvalue weighted by Gasteiger charge is 2.31. The lowest BCUT2D eigenvalue weighted by Gasteiger charge is -2.30. The van der Waals surface area contributed by atoms with Gasteiger partial charge in [0.2, 0.25) is 0 Å². The third kappa shape index (κ3) is 2.88. The second-order valence-corrected chi connectivity index (χ2v) is 5.30. The summed E-state index contributed by atoms with van der Waals surface area (Å²) in [5.74, 6) is 0. The highest BCUT2D eigenvalue weighted by molar-refractivity contribution is 5.25. The monoisotopic (exact) mass is 227 g/mol. The summed E-state index contributed by atoms with van der Waals surface area (Å²) in [6, 6.07) is 11.4. The van der Waals surface area contributed by atoms with Crippen molar-refractivity contribution in [3.8, 4) is 6.07 Å². The lowest BCUT2D eigenvalue weighted by atomic mass is 9.71. The fourth-order valence-corrected chi connectivity index (χ4v) is 2.84. The molecule has 1 aliphatic carbocycles. The maximum absolute atomic E-state index is 9.45. The zero-order chi connectivity index (χ0) is 12.1. The van der Waals surface area contributed by atoms with Crippen LogP contribution in [0.4, 0.5) is 0 Å². The van der Waals surface area contributed by atoms with Crippen molar-refractivity contribution >= 4 is 0 Å². The minimum absolute atomic E-state index is 0.0774. The molecular formula is C16H21N. The van der Waals surface area contributed by atoms with Gasteiger partial charge in [0.15, 0.2) is 0 Å². The summed E-state index contributed by atoms with van der Waals surface area (Å²) in [5, 5.41) is 9.45. The van der Waals surface area contributed by atoms with Gasteiger partial charge in [-0.1, -0.05) is 50.5 Å². The smallest absolute Gasteiger partial charge is 0.0693 e. The molecule has 0 amide bonds. The highest BCUT2D eigenvalue weighted by Crippen LogP contribution is 2.38. The van der Waals surface area contributed by atoms with E-state index in [4.69, 9.17) is 0 Å². The summed E-state index contributed by atoms with van der Waals surface area (Å²) < 4.78 is 0. The van der Waals surface area contributed by atoms with Crippen LogP contribution in [0.25, 0.3) is 0 Å². The molecule has 1 aromatic carbocycles. The van der Waals surface area contributed by atoms with Gasteiger partial charge in [0.25, 0.3) is 0 Å². The van der Waals surface area contributed by atoms with E-state index in [1.807, 2.05) is 0 Å². The van der Waals surface area contributed by atoms with E-state index in [-0.39, 0.29) is 5.41 Å². The molecule has 1 nitrogen and oxygen atoms in total. The summed E-state index contributed by atoms with van der Waals surface area (Å²) in [5.41, 5.74) is 2.63. The molecule has 0 heterocycles. The van der Waals surface area contributed by atoms with Gasteiger partial charge < -0.3 is 0 Å². The number of nitriles is 1. The molecule has 1 saturated carbocycles. The largest absolute Gasteiger partial charge is 0.198 e. The third-order valence-electron chi connectivity index (χ3n) is 4.02. The van der Waals surface area contributed by atoms with Crippen molar-refractivity contribution in [3.63, 3.8) is 0 Å². The molecule has 0 bridgehead atoms. The Hall–Kier alpha value is -1.29. The summed E-state index contributed by atoms with van der Waals surface area (Å²) >= 11 is 0. The predicted octanol–water partition coefficient (Wildman–Crippen LogP) is 4.27. The van der Waals surface area contributed by atoms with E-state index in [1.54, 1.807) is 0 Å². The molecular weight excluding hydrogens is 206 g/mol. The van der Waals surface area contributed by atoms with E-state index in [9.17, 15) is 5.26 Å². The first-order chi connectivity index (χ1) is 8.28. The number of aryl methyl sites for hydroxylation is 1. The Bertz CT molecular complexity index is 391. The fourth-order valence-electron chi connectivity index (χ4n) is 2.84. The predicted molar refractivity (Wildman–Crippen MR) is 70.7 cm³/mol. The number of hydrogen-bond donors (Lipinski definition) is 0. The molecule has 0 aliphatic heterocycles. The molecule has 0 unspecified atom stereocenters. The summed E-state index contributed by atoms with van der Waals surface area (Å²) in [7, 11) is 0.